The summed E-state index contributed by atoms with van der Waals surface area (Å²) >= 11 is 0. The molecule has 2 aromatic rings. The van der Waals surface area contributed by atoms with E-state index in [1.165, 1.54) is 0 Å². The number of carbonyl (C=O) groups is 2. The third-order valence-corrected chi connectivity index (χ3v) is 3.05. The molecule has 0 radical (unpaired) electrons. The number of nitrogens with zero attached hydrogens (tertiary/aromatic N) is 1. The van der Waals surface area contributed by atoms with Gasteiger partial charge in [-0.1, -0.05) is 12.1 Å². The molecule has 5 heteroatoms. The van der Waals surface area contributed by atoms with Crippen molar-refractivity contribution in [3.05, 3.63) is 65.5 Å². The predicted molar refractivity (Wildman–Crippen MR) is 77.8 cm³/mol. The molecular formula is C16H16N2O3. The monoisotopic (exact) mass is 284 g/mol. The zero-order valence-corrected chi connectivity index (χ0v) is 11.5. The second kappa shape index (κ2) is 7.19. The van der Waals surface area contributed by atoms with Crippen LogP contribution in [0.5, 0.6) is 0 Å². The summed E-state index contributed by atoms with van der Waals surface area (Å²) in [5.74, 6) is -0.981. The van der Waals surface area contributed by atoms with E-state index in [-0.39, 0.29) is 12.3 Å². The van der Waals surface area contributed by atoms with Gasteiger partial charge < -0.3 is 10.4 Å². The third-order valence-electron chi connectivity index (χ3n) is 3.05. The van der Waals surface area contributed by atoms with Crippen LogP contribution >= 0.6 is 0 Å². The highest BCUT2D eigenvalue weighted by atomic mass is 16.4. The molecule has 1 heterocycles. The Bertz CT molecular complexity index is 609. The molecule has 0 aliphatic carbocycles. The normalized spacial score (nSPS) is 10.1. The molecule has 108 valence electrons. The van der Waals surface area contributed by atoms with Crippen molar-refractivity contribution in [2.24, 2.45) is 0 Å². The lowest BCUT2D eigenvalue weighted by atomic mass is 10.1. The number of hydrogen-bond acceptors (Lipinski definition) is 3. The van der Waals surface area contributed by atoms with Crippen molar-refractivity contribution >= 4 is 11.9 Å². The summed E-state index contributed by atoms with van der Waals surface area (Å²) in [5, 5.41) is 11.5. The number of rotatable bonds is 6. The average molecular weight is 284 g/mol. The van der Waals surface area contributed by atoms with E-state index in [0.29, 0.717) is 18.5 Å². The van der Waals surface area contributed by atoms with Crippen LogP contribution in [-0.4, -0.2) is 22.0 Å². The van der Waals surface area contributed by atoms with Gasteiger partial charge in [0.05, 0.1) is 0 Å². The fourth-order valence-corrected chi connectivity index (χ4v) is 1.86. The number of amides is 1. The van der Waals surface area contributed by atoms with Gasteiger partial charge in [-0.3, -0.25) is 14.6 Å². The van der Waals surface area contributed by atoms with Crippen LogP contribution < -0.4 is 5.32 Å². The summed E-state index contributed by atoms with van der Waals surface area (Å²) in [5.41, 5.74) is 2.45. The van der Waals surface area contributed by atoms with Gasteiger partial charge in [-0.2, -0.15) is 0 Å². The van der Waals surface area contributed by atoms with E-state index in [0.717, 1.165) is 11.1 Å². The zero-order valence-electron chi connectivity index (χ0n) is 11.5. The van der Waals surface area contributed by atoms with Crippen LogP contribution in [0.25, 0.3) is 0 Å². The minimum atomic E-state index is -0.825. The number of benzene rings is 1. The topological polar surface area (TPSA) is 79.3 Å². The van der Waals surface area contributed by atoms with Crippen molar-refractivity contribution in [3.63, 3.8) is 0 Å². The van der Waals surface area contributed by atoms with Crippen LogP contribution in [0.3, 0.4) is 0 Å². The highest BCUT2D eigenvalue weighted by molar-refractivity contribution is 5.94. The first-order chi connectivity index (χ1) is 10.1. The number of nitrogens with one attached hydrogen (secondary N) is 1. The highest BCUT2D eigenvalue weighted by Gasteiger charge is 2.06. The first-order valence-electron chi connectivity index (χ1n) is 6.63. The Hall–Kier alpha value is -2.69. The molecule has 0 atom stereocenters. The molecule has 21 heavy (non-hydrogen) atoms. The SMILES string of the molecule is O=C(O)CCc1ccc(C(=O)NCc2ccncc2)cc1. The van der Waals surface area contributed by atoms with E-state index < -0.39 is 5.97 Å². The molecule has 5 nitrogen and oxygen atoms in total. The molecule has 0 spiro atoms. The van der Waals surface area contributed by atoms with Crippen LogP contribution in [-0.2, 0) is 17.8 Å². The number of aromatic nitrogens is 1. The number of hydrogen-bond donors (Lipinski definition) is 2. The first-order valence-corrected chi connectivity index (χ1v) is 6.63. The minimum absolute atomic E-state index is 0.0909. The van der Waals surface area contributed by atoms with Crippen LogP contribution in [0.4, 0.5) is 0 Å². The van der Waals surface area contributed by atoms with Gasteiger partial charge in [0.1, 0.15) is 0 Å². The van der Waals surface area contributed by atoms with Crippen molar-refractivity contribution in [1.29, 1.82) is 0 Å². The molecule has 1 aromatic heterocycles. The number of carboxylic acids is 1. The second-order valence-corrected chi connectivity index (χ2v) is 4.63. The summed E-state index contributed by atoms with van der Waals surface area (Å²) in [6, 6.07) is 10.7. The van der Waals surface area contributed by atoms with E-state index in [9.17, 15) is 9.59 Å². The maximum absolute atomic E-state index is 12.0. The van der Waals surface area contributed by atoms with Crippen molar-refractivity contribution in [1.82, 2.24) is 10.3 Å². The van der Waals surface area contributed by atoms with Gasteiger partial charge in [-0.15, -0.1) is 0 Å². The predicted octanol–water partition coefficient (Wildman–Crippen LogP) is 2.03. The molecule has 2 rings (SSSR count). The van der Waals surface area contributed by atoms with Crippen LogP contribution in [0, 0.1) is 0 Å². The molecule has 0 aliphatic rings. The number of aryl methyl sites for hydroxylation is 1. The van der Waals surface area contributed by atoms with Crippen LogP contribution in [0.1, 0.15) is 27.9 Å². The summed E-state index contributed by atoms with van der Waals surface area (Å²) in [6.07, 6.45) is 3.92. The lowest BCUT2D eigenvalue weighted by molar-refractivity contribution is -0.136. The van der Waals surface area contributed by atoms with Gasteiger partial charge in [0.2, 0.25) is 0 Å². The van der Waals surface area contributed by atoms with E-state index in [1.807, 2.05) is 12.1 Å². The van der Waals surface area contributed by atoms with Gasteiger partial charge in [0.15, 0.2) is 0 Å². The number of aliphatic carboxylic acids is 1. The largest absolute Gasteiger partial charge is 0.481 e. The fraction of sp³-hybridized carbons (Fsp3) is 0.188. The molecule has 0 fully saturated rings. The first kappa shape index (κ1) is 14.7. The van der Waals surface area contributed by atoms with E-state index in [4.69, 9.17) is 5.11 Å². The second-order valence-electron chi connectivity index (χ2n) is 4.63. The van der Waals surface area contributed by atoms with Gasteiger partial charge in [0.25, 0.3) is 5.91 Å². The third kappa shape index (κ3) is 4.72. The van der Waals surface area contributed by atoms with Crippen LogP contribution in [0.2, 0.25) is 0 Å². The smallest absolute Gasteiger partial charge is 0.303 e. The van der Waals surface area contributed by atoms with Gasteiger partial charge in [0, 0.05) is 30.9 Å². The van der Waals surface area contributed by atoms with E-state index in [1.54, 1.807) is 36.7 Å². The highest BCUT2D eigenvalue weighted by Crippen LogP contribution is 2.07. The standard InChI is InChI=1S/C16H16N2O3/c19-15(20)6-3-12-1-4-14(5-2-12)16(21)18-11-13-7-9-17-10-8-13/h1-2,4-5,7-10H,3,6,11H2,(H,18,21)(H,19,20). The van der Waals surface area contributed by atoms with E-state index in [2.05, 4.69) is 10.3 Å². The molecule has 0 bridgehead atoms. The Morgan fingerprint density at radius 1 is 1.00 bits per heavy atom. The average Bonchev–Trinajstić information content (AvgIpc) is 2.52. The maximum atomic E-state index is 12.0. The van der Waals surface area contributed by atoms with Gasteiger partial charge >= 0.3 is 5.97 Å². The molecule has 0 saturated carbocycles. The quantitative estimate of drug-likeness (QED) is 0.850. The van der Waals surface area contributed by atoms with E-state index >= 15 is 0 Å². The Labute approximate surface area is 122 Å². The lowest BCUT2D eigenvalue weighted by Gasteiger charge is -2.06. The molecule has 0 aliphatic heterocycles. The summed E-state index contributed by atoms with van der Waals surface area (Å²) < 4.78 is 0. The molecule has 0 unspecified atom stereocenters. The van der Waals surface area contributed by atoms with Crippen LogP contribution in [0.15, 0.2) is 48.8 Å². The van der Waals surface area contributed by atoms with Crippen molar-refractivity contribution in [3.8, 4) is 0 Å². The Kier molecular flexibility index (Phi) is 5.04. The van der Waals surface area contributed by atoms with Crippen molar-refractivity contribution < 1.29 is 14.7 Å². The molecule has 1 aromatic carbocycles. The number of carboxylic acid groups (broad SMARTS) is 1. The summed E-state index contributed by atoms with van der Waals surface area (Å²) in [7, 11) is 0. The molecular weight excluding hydrogens is 268 g/mol. The number of carbonyl (C=O) groups excluding carboxylic acids is 1. The Morgan fingerprint density at radius 2 is 1.67 bits per heavy atom. The molecule has 0 saturated heterocycles. The molecule has 1 amide bonds. The van der Waals surface area contributed by atoms with Gasteiger partial charge in [-0.05, 0) is 41.8 Å². The van der Waals surface area contributed by atoms with Gasteiger partial charge in [-0.25, -0.2) is 0 Å². The zero-order chi connectivity index (χ0) is 15.1. The number of pyridine rings is 1. The Morgan fingerprint density at radius 3 is 2.29 bits per heavy atom. The summed E-state index contributed by atoms with van der Waals surface area (Å²) in [6.45, 7) is 0.447. The molecule has 2 N–H and O–H groups in total. The maximum Gasteiger partial charge on any atom is 0.303 e. The lowest BCUT2D eigenvalue weighted by Crippen LogP contribution is -2.22. The van der Waals surface area contributed by atoms with Crippen molar-refractivity contribution in [2.45, 2.75) is 19.4 Å². The van der Waals surface area contributed by atoms with Crippen molar-refractivity contribution in [2.75, 3.05) is 0 Å². The minimum Gasteiger partial charge on any atom is -0.481 e. The Balaban J connectivity index is 1.89. The summed E-state index contributed by atoms with van der Waals surface area (Å²) in [4.78, 5) is 26.4. The fourth-order valence-electron chi connectivity index (χ4n) is 1.86.